The Labute approximate surface area is 111 Å². The van der Waals surface area contributed by atoms with E-state index in [9.17, 15) is 9.90 Å². The van der Waals surface area contributed by atoms with Crippen molar-refractivity contribution in [3.63, 3.8) is 0 Å². The van der Waals surface area contributed by atoms with Crippen molar-refractivity contribution < 1.29 is 9.90 Å². The fraction of sp³-hybridized carbons (Fsp3) is 0.133. The molecule has 92 valence electrons. The highest BCUT2D eigenvalue weighted by Gasteiger charge is 2.09. The van der Waals surface area contributed by atoms with E-state index in [-0.39, 0.29) is 6.61 Å². The maximum absolute atomic E-state index is 10.7. The number of carbonyl (C=O) groups is 1. The number of hydrogen-bond acceptors (Lipinski definition) is 2. The zero-order chi connectivity index (χ0) is 13.1. The van der Waals surface area contributed by atoms with Gasteiger partial charge in [0.15, 0.2) is 0 Å². The van der Waals surface area contributed by atoms with Crippen molar-refractivity contribution in [1.29, 1.82) is 0 Å². The van der Waals surface area contributed by atoms with Crippen molar-refractivity contribution in [2.45, 2.75) is 13.5 Å². The molecule has 2 rings (SSSR count). The number of aryl methyl sites for hydroxylation is 1. The summed E-state index contributed by atoms with van der Waals surface area (Å²) < 4.78 is 0. The standard InChI is InChI=1S/C15H13ClO2/c1-10-2-4-12(9-18)14(6-10)13-5-3-11(8-17)7-15(13)16/h2-8,18H,9H2,1H3. The fourth-order valence-corrected chi connectivity index (χ4v) is 2.19. The van der Waals surface area contributed by atoms with Crippen molar-refractivity contribution in [3.05, 3.63) is 58.1 Å². The predicted octanol–water partition coefficient (Wildman–Crippen LogP) is 3.62. The van der Waals surface area contributed by atoms with E-state index in [0.717, 1.165) is 28.5 Å². The molecule has 0 atom stereocenters. The molecule has 0 heterocycles. The van der Waals surface area contributed by atoms with Gasteiger partial charge in [-0.15, -0.1) is 0 Å². The minimum atomic E-state index is -0.0403. The van der Waals surface area contributed by atoms with Gasteiger partial charge in [-0.3, -0.25) is 4.79 Å². The molecule has 0 unspecified atom stereocenters. The van der Waals surface area contributed by atoms with Crippen LogP contribution in [-0.4, -0.2) is 11.4 Å². The number of carbonyl (C=O) groups excluding carboxylic acids is 1. The van der Waals surface area contributed by atoms with E-state index in [2.05, 4.69) is 0 Å². The van der Waals surface area contributed by atoms with Crippen LogP contribution < -0.4 is 0 Å². The Morgan fingerprint density at radius 2 is 1.94 bits per heavy atom. The number of benzene rings is 2. The maximum atomic E-state index is 10.7. The minimum absolute atomic E-state index is 0.0403. The highest BCUT2D eigenvalue weighted by atomic mass is 35.5. The lowest BCUT2D eigenvalue weighted by Crippen LogP contribution is -1.92. The minimum Gasteiger partial charge on any atom is -0.392 e. The van der Waals surface area contributed by atoms with Crippen molar-refractivity contribution >= 4 is 17.9 Å². The monoisotopic (exact) mass is 260 g/mol. The number of aliphatic hydroxyl groups excluding tert-OH is 1. The molecular weight excluding hydrogens is 248 g/mol. The molecule has 0 aliphatic heterocycles. The molecule has 0 aliphatic rings. The summed E-state index contributed by atoms with van der Waals surface area (Å²) in [5.41, 5.74) is 4.19. The molecule has 2 aromatic rings. The summed E-state index contributed by atoms with van der Waals surface area (Å²) in [5.74, 6) is 0. The van der Waals surface area contributed by atoms with E-state index < -0.39 is 0 Å². The highest BCUT2D eigenvalue weighted by Crippen LogP contribution is 2.31. The van der Waals surface area contributed by atoms with E-state index in [1.54, 1.807) is 18.2 Å². The van der Waals surface area contributed by atoms with Gasteiger partial charge in [0.2, 0.25) is 0 Å². The van der Waals surface area contributed by atoms with Gasteiger partial charge in [-0.05, 0) is 24.1 Å². The Balaban J connectivity index is 2.61. The number of rotatable bonds is 3. The fourth-order valence-electron chi connectivity index (χ4n) is 1.90. The van der Waals surface area contributed by atoms with Crippen molar-refractivity contribution in [2.24, 2.45) is 0 Å². The SMILES string of the molecule is Cc1ccc(CO)c(-c2ccc(C=O)cc2Cl)c1. The molecule has 3 heteroatoms. The van der Waals surface area contributed by atoms with Gasteiger partial charge in [-0.2, -0.15) is 0 Å². The Morgan fingerprint density at radius 3 is 2.56 bits per heavy atom. The van der Waals surface area contributed by atoms with E-state index in [0.29, 0.717) is 10.6 Å². The average Bonchev–Trinajstić information content (AvgIpc) is 2.38. The summed E-state index contributed by atoms with van der Waals surface area (Å²) in [6.45, 7) is 1.94. The Bertz CT molecular complexity index is 591. The first-order valence-electron chi connectivity index (χ1n) is 5.61. The molecule has 0 aliphatic carbocycles. The first kappa shape index (κ1) is 12.8. The molecule has 18 heavy (non-hydrogen) atoms. The van der Waals surface area contributed by atoms with Crippen molar-refractivity contribution in [1.82, 2.24) is 0 Å². The zero-order valence-electron chi connectivity index (χ0n) is 9.98. The summed E-state index contributed by atoms with van der Waals surface area (Å²) in [4.78, 5) is 10.7. The predicted molar refractivity (Wildman–Crippen MR) is 72.9 cm³/mol. The zero-order valence-corrected chi connectivity index (χ0v) is 10.7. The Kier molecular flexibility index (Phi) is 3.80. The Hall–Kier alpha value is -1.64. The number of aldehydes is 1. The molecule has 0 saturated carbocycles. The summed E-state index contributed by atoms with van der Waals surface area (Å²) >= 11 is 6.18. The van der Waals surface area contributed by atoms with Gasteiger partial charge in [-0.25, -0.2) is 0 Å². The first-order chi connectivity index (χ1) is 8.65. The summed E-state index contributed by atoms with van der Waals surface area (Å²) in [5, 5.41) is 9.88. The van der Waals surface area contributed by atoms with Gasteiger partial charge >= 0.3 is 0 Å². The summed E-state index contributed by atoms with van der Waals surface area (Å²) in [6, 6.07) is 11.0. The summed E-state index contributed by atoms with van der Waals surface area (Å²) in [6.07, 6.45) is 0.763. The molecule has 0 spiro atoms. The van der Waals surface area contributed by atoms with Gasteiger partial charge in [0.1, 0.15) is 6.29 Å². The normalized spacial score (nSPS) is 10.4. The third-order valence-electron chi connectivity index (χ3n) is 2.86. The molecule has 2 aromatic carbocycles. The highest BCUT2D eigenvalue weighted by molar-refractivity contribution is 6.33. The van der Waals surface area contributed by atoms with Crippen LogP contribution in [-0.2, 0) is 6.61 Å². The average molecular weight is 261 g/mol. The first-order valence-corrected chi connectivity index (χ1v) is 5.99. The Morgan fingerprint density at radius 1 is 1.17 bits per heavy atom. The van der Waals surface area contributed by atoms with Crippen molar-refractivity contribution in [3.8, 4) is 11.1 Å². The maximum Gasteiger partial charge on any atom is 0.150 e. The lowest BCUT2D eigenvalue weighted by atomic mass is 9.97. The molecule has 0 fully saturated rings. The molecule has 1 N–H and O–H groups in total. The van der Waals surface area contributed by atoms with Crippen LogP contribution in [0, 0.1) is 6.92 Å². The third kappa shape index (κ3) is 2.45. The molecule has 0 amide bonds. The molecular formula is C15H13ClO2. The van der Waals surface area contributed by atoms with Crippen LogP contribution in [0.2, 0.25) is 5.02 Å². The van der Waals surface area contributed by atoms with Crippen LogP contribution in [0.3, 0.4) is 0 Å². The lowest BCUT2D eigenvalue weighted by Gasteiger charge is -2.11. The van der Waals surface area contributed by atoms with E-state index in [1.165, 1.54) is 0 Å². The third-order valence-corrected chi connectivity index (χ3v) is 3.17. The van der Waals surface area contributed by atoms with E-state index >= 15 is 0 Å². The summed E-state index contributed by atoms with van der Waals surface area (Å²) in [7, 11) is 0. The molecule has 0 aromatic heterocycles. The van der Waals surface area contributed by atoms with Crippen LogP contribution in [0.15, 0.2) is 36.4 Å². The van der Waals surface area contributed by atoms with Crippen LogP contribution >= 0.6 is 11.6 Å². The topological polar surface area (TPSA) is 37.3 Å². The lowest BCUT2D eigenvalue weighted by molar-refractivity contribution is 0.112. The van der Waals surface area contributed by atoms with Crippen LogP contribution in [0.25, 0.3) is 11.1 Å². The second-order valence-corrected chi connectivity index (χ2v) is 4.58. The smallest absolute Gasteiger partial charge is 0.150 e. The molecule has 0 saturated heterocycles. The molecule has 0 bridgehead atoms. The largest absolute Gasteiger partial charge is 0.392 e. The van der Waals surface area contributed by atoms with Crippen LogP contribution in [0.4, 0.5) is 0 Å². The van der Waals surface area contributed by atoms with E-state index in [1.807, 2.05) is 25.1 Å². The number of hydrogen-bond donors (Lipinski definition) is 1. The number of aliphatic hydroxyl groups is 1. The van der Waals surface area contributed by atoms with Gasteiger partial charge in [0.05, 0.1) is 6.61 Å². The van der Waals surface area contributed by atoms with E-state index in [4.69, 9.17) is 11.6 Å². The quantitative estimate of drug-likeness (QED) is 0.856. The van der Waals surface area contributed by atoms with Crippen LogP contribution in [0.5, 0.6) is 0 Å². The second-order valence-electron chi connectivity index (χ2n) is 4.18. The van der Waals surface area contributed by atoms with Gasteiger partial charge < -0.3 is 5.11 Å². The molecule has 2 nitrogen and oxygen atoms in total. The second kappa shape index (κ2) is 5.34. The van der Waals surface area contributed by atoms with Crippen molar-refractivity contribution in [2.75, 3.05) is 0 Å². The number of halogens is 1. The molecule has 0 radical (unpaired) electrons. The van der Waals surface area contributed by atoms with Gasteiger partial charge in [0.25, 0.3) is 0 Å². The van der Waals surface area contributed by atoms with Gasteiger partial charge in [-0.1, -0.05) is 47.5 Å². The van der Waals surface area contributed by atoms with Gasteiger partial charge in [0, 0.05) is 16.1 Å². The van der Waals surface area contributed by atoms with Crippen LogP contribution in [0.1, 0.15) is 21.5 Å².